The van der Waals surface area contributed by atoms with Gasteiger partial charge in [0, 0.05) is 12.1 Å². The molecule has 0 unspecified atom stereocenters. The molecule has 0 saturated carbocycles. The third-order valence-electron chi connectivity index (χ3n) is 2.60. The molecular weight excluding hydrogens is 298 g/mol. The van der Waals surface area contributed by atoms with E-state index in [0.29, 0.717) is 12.8 Å². The van der Waals surface area contributed by atoms with E-state index in [1.807, 2.05) is 6.92 Å². The van der Waals surface area contributed by atoms with Crippen molar-refractivity contribution in [2.75, 3.05) is 12.8 Å². The number of sulfonamides is 1. The minimum atomic E-state index is -3.39. The number of urea groups is 1. The summed E-state index contributed by atoms with van der Waals surface area (Å²) in [6, 6.07) is -1.59. The van der Waals surface area contributed by atoms with Crippen LogP contribution in [0.25, 0.3) is 0 Å². The number of aliphatic carboxylic acids is 1. The second-order valence-corrected chi connectivity index (χ2v) is 7.37. The topological polar surface area (TPSA) is 125 Å². The van der Waals surface area contributed by atoms with E-state index in [-0.39, 0.29) is 6.54 Å². The van der Waals surface area contributed by atoms with E-state index in [2.05, 4.69) is 15.4 Å². The van der Waals surface area contributed by atoms with Crippen LogP contribution in [0.15, 0.2) is 0 Å². The number of hydrogen-bond acceptors (Lipinski definition) is 4. The zero-order valence-corrected chi connectivity index (χ0v) is 13.7. The lowest BCUT2D eigenvalue weighted by Gasteiger charge is -2.25. The van der Waals surface area contributed by atoms with Crippen LogP contribution in [0.2, 0.25) is 0 Å². The number of unbranched alkanes of at least 4 members (excludes halogenated alkanes) is 1. The highest BCUT2D eigenvalue weighted by Gasteiger charge is 2.24. The number of amides is 2. The standard InChI is InChI=1S/C12H25N3O5S/c1-5-6-7-9(10(16)17)14-11(18)13-8-12(2,3)15-21(4,19)20/h9,15H,5-8H2,1-4H3,(H,16,17)(H2,13,14,18)/t9-/m0/s1. The second-order valence-electron chi connectivity index (χ2n) is 5.62. The van der Waals surface area contributed by atoms with Gasteiger partial charge in [-0.2, -0.15) is 0 Å². The SMILES string of the molecule is CCCC[C@H](NC(=O)NCC(C)(C)NS(C)(=O)=O)C(=O)O. The van der Waals surface area contributed by atoms with Gasteiger partial charge in [0.05, 0.1) is 6.26 Å². The third-order valence-corrected chi connectivity index (χ3v) is 3.53. The average molecular weight is 323 g/mol. The molecule has 0 aromatic carbocycles. The molecule has 0 aromatic heterocycles. The van der Waals surface area contributed by atoms with Gasteiger partial charge in [0.2, 0.25) is 10.0 Å². The molecule has 0 bridgehead atoms. The van der Waals surface area contributed by atoms with Gasteiger partial charge in [0.1, 0.15) is 6.04 Å². The van der Waals surface area contributed by atoms with Crippen LogP contribution >= 0.6 is 0 Å². The largest absolute Gasteiger partial charge is 0.480 e. The summed E-state index contributed by atoms with van der Waals surface area (Å²) in [4.78, 5) is 22.7. The van der Waals surface area contributed by atoms with Crippen molar-refractivity contribution in [3.63, 3.8) is 0 Å². The summed E-state index contributed by atoms with van der Waals surface area (Å²) < 4.78 is 24.7. The van der Waals surface area contributed by atoms with Gasteiger partial charge in [-0.3, -0.25) is 0 Å². The Balaban J connectivity index is 4.39. The van der Waals surface area contributed by atoms with Gasteiger partial charge in [-0.05, 0) is 20.3 Å². The molecule has 8 nitrogen and oxygen atoms in total. The Morgan fingerprint density at radius 3 is 2.29 bits per heavy atom. The minimum Gasteiger partial charge on any atom is -0.480 e. The van der Waals surface area contributed by atoms with Crippen LogP contribution in [-0.4, -0.2) is 49.9 Å². The number of rotatable bonds is 9. The Bertz CT molecular complexity index is 462. The van der Waals surface area contributed by atoms with Gasteiger partial charge in [0.15, 0.2) is 0 Å². The van der Waals surface area contributed by atoms with Crippen molar-refractivity contribution in [3.05, 3.63) is 0 Å². The first-order valence-electron chi connectivity index (χ1n) is 6.73. The Hall–Kier alpha value is -1.35. The molecule has 0 aromatic rings. The highest BCUT2D eigenvalue weighted by molar-refractivity contribution is 7.88. The van der Waals surface area contributed by atoms with Gasteiger partial charge in [-0.1, -0.05) is 19.8 Å². The predicted octanol–water partition coefficient (Wildman–Crippen LogP) is 0.257. The minimum absolute atomic E-state index is 0.0338. The fraction of sp³-hybridized carbons (Fsp3) is 0.833. The summed E-state index contributed by atoms with van der Waals surface area (Å²) in [5.41, 5.74) is -0.868. The number of carboxylic acids is 1. The predicted molar refractivity (Wildman–Crippen MR) is 79.5 cm³/mol. The van der Waals surface area contributed by atoms with Crippen molar-refractivity contribution < 1.29 is 23.1 Å². The summed E-state index contributed by atoms with van der Waals surface area (Å²) in [6.07, 6.45) is 2.90. The monoisotopic (exact) mass is 323 g/mol. The lowest BCUT2D eigenvalue weighted by atomic mass is 10.1. The average Bonchev–Trinajstić information content (AvgIpc) is 2.28. The molecule has 2 amide bonds. The van der Waals surface area contributed by atoms with Crippen LogP contribution in [-0.2, 0) is 14.8 Å². The van der Waals surface area contributed by atoms with E-state index < -0.39 is 33.6 Å². The van der Waals surface area contributed by atoms with E-state index >= 15 is 0 Å². The molecule has 0 saturated heterocycles. The number of carbonyl (C=O) groups excluding carboxylic acids is 1. The quantitative estimate of drug-likeness (QED) is 0.484. The van der Waals surface area contributed by atoms with Gasteiger partial charge < -0.3 is 15.7 Å². The first-order valence-corrected chi connectivity index (χ1v) is 8.62. The second kappa shape index (κ2) is 8.18. The number of hydrogen-bond donors (Lipinski definition) is 4. The number of carbonyl (C=O) groups is 2. The maximum Gasteiger partial charge on any atom is 0.326 e. The van der Waals surface area contributed by atoms with Gasteiger partial charge in [0.25, 0.3) is 0 Å². The fourth-order valence-electron chi connectivity index (χ4n) is 1.71. The highest BCUT2D eigenvalue weighted by Crippen LogP contribution is 2.03. The Morgan fingerprint density at radius 1 is 1.29 bits per heavy atom. The first-order chi connectivity index (χ1) is 9.47. The van der Waals surface area contributed by atoms with Crippen LogP contribution in [0, 0.1) is 0 Å². The normalized spacial score (nSPS) is 13.5. The zero-order chi connectivity index (χ0) is 16.7. The van der Waals surface area contributed by atoms with Crippen LogP contribution < -0.4 is 15.4 Å². The zero-order valence-electron chi connectivity index (χ0n) is 12.9. The highest BCUT2D eigenvalue weighted by atomic mass is 32.2. The molecule has 0 aliphatic carbocycles. The summed E-state index contributed by atoms with van der Waals surface area (Å²) in [7, 11) is -3.39. The van der Waals surface area contributed by atoms with Crippen molar-refractivity contribution in [1.29, 1.82) is 0 Å². The Morgan fingerprint density at radius 2 is 1.86 bits per heavy atom. The molecule has 4 N–H and O–H groups in total. The molecule has 0 aliphatic heterocycles. The molecule has 0 fully saturated rings. The molecule has 124 valence electrons. The molecule has 0 heterocycles. The summed E-state index contributed by atoms with van der Waals surface area (Å²) in [5.74, 6) is -1.09. The summed E-state index contributed by atoms with van der Waals surface area (Å²) >= 11 is 0. The molecular formula is C12H25N3O5S. The maximum absolute atomic E-state index is 11.7. The molecule has 9 heteroatoms. The van der Waals surface area contributed by atoms with Crippen LogP contribution in [0.4, 0.5) is 4.79 Å². The van der Waals surface area contributed by atoms with E-state index in [9.17, 15) is 18.0 Å². The van der Waals surface area contributed by atoms with Crippen molar-refractivity contribution >= 4 is 22.0 Å². The van der Waals surface area contributed by atoms with Crippen molar-refractivity contribution in [1.82, 2.24) is 15.4 Å². The maximum atomic E-state index is 11.7. The van der Waals surface area contributed by atoms with E-state index in [1.54, 1.807) is 13.8 Å². The van der Waals surface area contributed by atoms with E-state index in [0.717, 1.165) is 12.7 Å². The smallest absolute Gasteiger partial charge is 0.326 e. The number of carboxylic acid groups (broad SMARTS) is 1. The summed E-state index contributed by atoms with van der Waals surface area (Å²) in [6.45, 7) is 5.19. The molecule has 0 rings (SSSR count). The third kappa shape index (κ3) is 10.1. The van der Waals surface area contributed by atoms with Gasteiger partial charge >= 0.3 is 12.0 Å². The van der Waals surface area contributed by atoms with Crippen LogP contribution in [0.3, 0.4) is 0 Å². The van der Waals surface area contributed by atoms with Crippen LogP contribution in [0.1, 0.15) is 40.0 Å². The van der Waals surface area contributed by atoms with Crippen molar-refractivity contribution in [3.8, 4) is 0 Å². The summed E-state index contributed by atoms with van der Waals surface area (Å²) in [5, 5.41) is 13.8. The van der Waals surface area contributed by atoms with E-state index in [4.69, 9.17) is 5.11 Å². The molecule has 21 heavy (non-hydrogen) atoms. The van der Waals surface area contributed by atoms with Gasteiger partial charge in [-0.25, -0.2) is 22.7 Å². The molecule has 0 aliphatic rings. The van der Waals surface area contributed by atoms with Gasteiger partial charge in [-0.15, -0.1) is 0 Å². The molecule has 0 spiro atoms. The Kier molecular flexibility index (Phi) is 7.65. The fourth-order valence-corrected chi connectivity index (χ4v) is 2.79. The lowest BCUT2D eigenvalue weighted by molar-refractivity contribution is -0.139. The van der Waals surface area contributed by atoms with Crippen molar-refractivity contribution in [2.24, 2.45) is 0 Å². The molecule has 0 radical (unpaired) electrons. The van der Waals surface area contributed by atoms with Crippen LogP contribution in [0.5, 0.6) is 0 Å². The van der Waals surface area contributed by atoms with Crippen molar-refractivity contribution in [2.45, 2.75) is 51.6 Å². The van der Waals surface area contributed by atoms with E-state index in [1.165, 1.54) is 0 Å². The molecule has 1 atom stereocenters. The first kappa shape index (κ1) is 19.7. The Labute approximate surface area is 125 Å². The lowest BCUT2D eigenvalue weighted by Crippen LogP contribution is -2.54. The number of nitrogens with one attached hydrogen (secondary N) is 3.